The van der Waals surface area contributed by atoms with E-state index in [1.807, 2.05) is 24.4 Å². The molecule has 1 unspecified atom stereocenters. The van der Waals surface area contributed by atoms with Gasteiger partial charge in [0.25, 0.3) is 0 Å². The van der Waals surface area contributed by atoms with Crippen molar-refractivity contribution in [3.8, 4) is 0 Å². The first kappa shape index (κ1) is 14.7. The topological polar surface area (TPSA) is 60.4 Å². The summed E-state index contributed by atoms with van der Waals surface area (Å²) < 4.78 is 1.77. The number of carbonyl (C=O) groups excluding carboxylic acids is 1. The van der Waals surface area contributed by atoms with Crippen LogP contribution in [0.3, 0.4) is 0 Å². The molecule has 2 heterocycles. The van der Waals surface area contributed by atoms with Crippen molar-refractivity contribution in [1.82, 2.24) is 9.61 Å². The molecule has 0 spiro atoms. The van der Waals surface area contributed by atoms with Gasteiger partial charge >= 0.3 is 0 Å². The van der Waals surface area contributed by atoms with E-state index >= 15 is 0 Å². The first-order valence-electron chi connectivity index (χ1n) is 7.33. The molecule has 0 amide bonds. The smallest absolute Gasteiger partial charge is 0.183 e. The second-order valence-corrected chi connectivity index (χ2v) is 5.56. The number of fused-ring (bicyclic) bond motifs is 1. The van der Waals surface area contributed by atoms with Crippen molar-refractivity contribution in [2.45, 2.75) is 52.0 Å². The van der Waals surface area contributed by atoms with Crippen LogP contribution in [0.2, 0.25) is 0 Å². The van der Waals surface area contributed by atoms with Crippen molar-refractivity contribution in [1.29, 1.82) is 0 Å². The summed E-state index contributed by atoms with van der Waals surface area (Å²) in [6.45, 7) is 6.21. The molecule has 2 aromatic heterocycles. The van der Waals surface area contributed by atoms with Crippen LogP contribution in [0.15, 0.2) is 24.4 Å². The molecule has 4 nitrogen and oxygen atoms in total. The number of aromatic nitrogens is 2. The Morgan fingerprint density at radius 1 is 1.40 bits per heavy atom. The number of carbonyl (C=O) groups is 1. The third-order valence-corrected chi connectivity index (χ3v) is 3.57. The van der Waals surface area contributed by atoms with E-state index in [2.05, 4.69) is 25.9 Å². The Kier molecular flexibility index (Phi) is 4.55. The first-order valence-corrected chi connectivity index (χ1v) is 7.33. The van der Waals surface area contributed by atoms with Gasteiger partial charge in [0, 0.05) is 6.20 Å². The van der Waals surface area contributed by atoms with Crippen molar-refractivity contribution >= 4 is 11.3 Å². The summed E-state index contributed by atoms with van der Waals surface area (Å²) in [7, 11) is 0. The lowest BCUT2D eigenvalue weighted by Gasteiger charge is -2.11. The molecular weight excluding hydrogens is 250 g/mol. The van der Waals surface area contributed by atoms with Gasteiger partial charge in [-0.25, -0.2) is 4.52 Å². The van der Waals surface area contributed by atoms with Gasteiger partial charge < -0.3 is 5.73 Å². The van der Waals surface area contributed by atoms with Gasteiger partial charge in [-0.2, -0.15) is 5.10 Å². The molecule has 0 saturated carbocycles. The van der Waals surface area contributed by atoms with E-state index in [1.165, 1.54) is 0 Å². The molecule has 0 aliphatic rings. The molecule has 2 rings (SSSR count). The minimum absolute atomic E-state index is 0.0170. The fourth-order valence-corrected chi connectivity index (χ4v) is 2.41. The van der Waals surface area contributed by atoms with Crippen molar-refractivity contribution in [2.24, 2.45) is 5.73 Å². The van der Waals surface area contributed by atoms with E-state index in [4.69, 9.17) is 5.73 Å². The number of ketones is 1. The predicted molar refractivity (Wildman–Crippen MR) is 81.1 cm³/mol. The van der Waals surface area contributed by atoms with Gasteiger partial charge in [0.05, 0.1) is 22.8 Å². The molecule has 20 heavy (non-hydrogen) atoms. The summed E-state index contributed by atoms with van der Waals surface area (Å²) in [4.78, 5) is 12.7. The van der Waals surface area contributed by atoms with E-state index in [0.29, 0.717) is 5.56 Å². The van der Waals surface area contributed by atoms with Crippen LogP contribution in [0, 0.1) is 0 Å². The Hall–Kier alpha value is -1.68. The maximum Gasteiger partial charge on any atom is 0.183 e. The molecule has 1 atom stereocenters. The average molecular weight is 273 g/mol. The Bertz CT molecular complexity index is 601. The molecule has 0 radical (unpaired) electrons. The molecule has 0 bridgehead atoms. The van der Waals surface area contributed by atoms with Crippen LogP contribution in [-0.2, 0) is 0 Å². The van der Waals surface area contributed by atoms with Crippen LogP contribution in [0.25, 0.3) is 5.52 Å². The second kappa shape index (κ2) is 6.18. The fraction of sp³-hybridized carbons (Fsp3) is 0.500. The number of nitrogens with two attached hydrogens (primary N) is 1. The number of rotatable bonds is 6. The van der Waals surface area contributed by atoms with Crippen molar-refractivity contribution in [3.05, 3.63) is 35.7 Å². The van der Waals surface area contributed by atoms with Gasteiger partial charge in [-0.05, 0) is 24.5 Å². The minimum atomic E-state index is -0.430. The summed E-state index contributed by atoms with van der Waals surface area (Å²) in [6, 6.07) is 5.34. The number of Topliss-reactive ketones (excluding diaryl/α,β-unsaturated/α-hetero) is 1. The van der Waals surface area contributed by atoms with E-state index in [9.17, 15) is 4.79 Å². The lowest BCUT2D eigenvalue weighted by atomic mass is 9.95. The summed E-state index contributed by atoms with van der Waals surface area (Å²) >= 11 is 0. The van der Waals surface area contributed by atoms with Gasteiger partial charge in [-0.3, -0.25) is 4.79 Å². The van der Waals surface area contributed by atoms with Crippen LogP contribution in [0.1, 0.15) is 62.0 Å². The molecule has 0 fully saturated rings. The van der Waals surface area contributed by atoms with Gasteiger partial charge in [0.15, 0.2) is 5.78 Å². The third-order valence-electron chi connectivity index (χ3n) is 3.57. The molecule has 0 aliphatic carbocycles. The number of hydrogen-bond donors (Lipinski definition) is 1. The highest BCUT2D eigenvalue weighted by Crippen LogP contribution is 2.24. The summed E-state index contributed by atoms with van der Waals surface area (Å²) in [6.07, 6.45) is 4.63. The van der Waals surface area contributed by atoms with Gasteiger partial charge in [-0.15, -0.1) is 0 Å². The first-order chi connectivity index (χ1) is 9.56. The zero-order valence-electron chi connectivity index (χ0n) is 12.5. The summed E-state index contributed by atoms with van der Waals surface area (Å²) in [5, 5.41) is 4.54. The highest BCUT2D eigenvalue weighted by Gasteiger charge is 2.25. The minimum Gasteiger partial charge on any atom is -0.321 e. The monoisotopic (exact) mass is 273 g/mol. The normalized spacial score (nSPS) is 13.1. The molecule has 2 aromatic rings. The molecule has 0 saturated heterocycles. The van der Waals surface area contributed by atoms with Crippen LogP contribution >= 0.6 is 0 Å². The van der Waals surface area contributed by atoms with Crippen LogP contribution in [0.5, 0.6) is 0 Å². The second-order valence-electron chi connectivity index (χ2n) is 5.56. The van der Waals surface area contributed by atoms with Gasteiger partial charge in [0.2, 0.25) is 0 Å². The predicted octanol–water partition coefficient (Wildman–Crippen LogP) is 3.16. The maximum atomic E-state index is 12.7. The highest BCUT2D eigenvalue weighted by atomic mass is 16.1. The molecule has 0 aliphatic heterocycles. The van der Waals surface area contributed by atoms with E-state index < -0.39 is 6.04 Å². The number of hydrogen-bond acceptors (Lipinski definition) is 3. The number of pyridine rings is 1. The molecule has 108 valence electrons. The fourth-order valence-electron chi connectivity index (χ4n) is 2.41. The van der Waals surface area contributed by atoms with Crippen LogP contribution in [-0.4, -0.2) is 21.4 Å². The van der Waals surface area contributed by atoms with E-state index in [1.54, 1.807) is 4.52 Å². The van der Waals surface area contributed by atoms with Crippen molar-refractivity contribution in [3.63, 3.8) is 0 Å². The quantitative estimate of drug-likeness (QED) is 0.822. The Morgan fingerprint density at radius 2 is 2.15 bits per heavy atom. The molecule has 2 N–H and O–H groups in total. The zero-order chi connectivity index (χ0) is 14.7. The highest BCUT2D eigenvalue weighted by molar-refractivity contribution is 6.06. The Labute approximate surface area is 120 Å². The van der Waals surface area contributed by atoms with Gasteiger partial charge in [-0.1, -0.05) is 39.7 Å². The molecule has 0 aromatic carbocycles. The van der Waals surface area contributed by atoms with Crippen molar-refractivity contribution < 1.29 is 4.79 Å². The summed E-state index contributed by atoms with van der Waals surface area (Å²) in [5.74, 6) is 0.218. The third kappa shape index (κ3) is 2.75. The largest absolute Gasteiger partial charge is 0.321 e. The van der Waals surface area contributed by atoms with Crippen LogP contribution < -0.4 is 5.73 Å². The SMILES string of the molecule is CCCCC(N)C(=O)c1c(C(C)C)nn2ccccc12. The van der Waals surface area contributed by atoms with Crippen LogP contribution in [0.4, 0.5) is 0 Å². The Balaban J connectivity index is 2.45. The number of unbranched alkanes of at least 4 members (excludes halogenated alkanes) is 1. The standard InChI is InChI=1S/C16H23N3O/c1-4-5-8-12(17)16(20)14-13-9-6-7-10-19(13)18-15(14)11(2)3/h6-7,9-12H,4-5,8,17H2,1-3H3. The van der Waals surface area contributed by atoms with Crippen molar-refractivity contribution in [2.75, 3.05) is 0 Å². The van der Waals surface area contributed by atoms with E-state index in [-0.39, 0.29) is 11.7 Å². The maximum absolute atomic E-state index is 12.7. The zero-order valence-corrected chi connectivity index (χ0v) is 12.5. The van der Waals surface area contributed by atoms with Gasteiger partial charge in [0.1, 0.15) is 0 Å². The number of nitrogens with zero attached hydrogens (tertiary/aromatic N) is 2. The Morgan fingerprint density at radius 3 is 2.80 bits per heavy atom. The molecular formula is C16H23N3O. The lowest BCUT2D eigenvalue weighted by molar-refractivity contribution is 0.0956. The summed E-state index contributed by atoms with van der Waals surface area (Å²) in [5.41, 5.74) is 8.46. The lowest BCUT2D eigenvalue weighted by Crippen LogP contribution is -2.31. The van der Waals surface area contributed by atoms with E-state index in [0.717, 1.165) is 30.5 Å². The average Bonchev–Trinajstić information content (AvgIpc) is 2.83. The molecule has 4 heteroatoms.